The van der Waals surface area contributed by atoms with E-state index < -0.39 is 0 Å². The Morgan fingerprint density at radius 3 is 2.82 bits per heavy atom. The second-order valence-electron chi connectivity index (χ2n) is 3.52. The molecule has 0 aliphatic heterocycles. The minimum absolute atomic E-state index is 0.481. The molecule has 0 spiro atoms. The van der Waals surface area contributed by atoms with Crippen molar-refractivity contribution in [3.8, 4) is 11.5 Å². The van der Waals surface area contributed by atoms with E-state index in [1.807, 2.05) is 36.0 Å². The largest absolute Gasteiger partial charge is 0.454 e. The molecule has 17 heavy (non-hydrogen) atoms. The molecule has 0 saturated heterocycles. The summed E-state index contributed by atoms with van der Waals surface area (Å²) in [7, 11) is 0. The van der Waals surface area contributed by atoms with Crippen LogP contribution in [-0.2, 0) is 12.4 Å². The molecule has 0 bridgehead atoms. The number of aromatic nitrogens is 2. The first-order valence-electron chi connectivity index (χ1n) is 5.27. The first kappa shape index (κ1) is 12.5. The zero-order valence-corrected chi connectivity index (χ0v) is 11.7. The van der Waals surface area contributed by atoms with Crippen LogP contribution in [0.4, 0.5) is 0 Å². The van der Waals surface area contributed by atoms with E-state index in [1.165, 1.54) is 0 Å². The molecule has 0 unspecified atom stereocenters. The molecule has 1 aromatic heterocycles. The lowest BCUT2D eigenvalue weighted by Crippen LogP contribution is -1.92. The van der Waals surface area contributed by atoms with Crippen molar-refractivity contribution in [2.75, 3.05) is 0 Å². The van der Waals surface area contributed by atoms with Gasteiger partial charge in [0.05, 0.1) is 12.4 Å². The van der Waals surface area contributed by atoms with Crippen LogP contribution < -0.4 is 4.74 Å². The number of halogens is 2. The van der Waals surface area contributed by atoms with Gasteiger partial charge in [-0.05, 0) is 24.6 Å². The highest BCUT2D eigenvalue weighted by atomic mass is 79.9. The topological polar surface area (TPSA) is 27.1 Å². The van der Waals surface area contributed by atoms with E-state index in [9.17, 15) is 0 Å². The Hall–Kier alpha value is -1.00. The number of hydrogen-bond acceptors (Lipinski definition) is 2. The molecule has 2 rings (SSSR count). The van der Waals surface area contributed by atoms with E-state index >= 15 is 0 Å². The van der Waals surface area contributed by atoms with Crippen molar-refractivity contribution < 1.29 is 4.74 Å². The zero-order chi connectivity index (χ0) is 12.3. The van der Waals surface area contributed by atoms with E-state index in [0.29, 0.717) is 5.88 Å². The Labute approximate surface area is 113 Å². The molecule has 0 aliphatic carbocycles. The second kappa shape index (κ2) is 5.56. The van der Waals surface area contributed by atoms with Crippen LogP contribution in [0.2, 0.25) is 0 Å². The van der Waals surface area contributed by atoms with Gasteiger partial charge in [-0.25, -0.2) is 0 Å². The average Bonchev–Trinajstić information content (AvgIpc) is 2.77. The Kier molecular flexibility index (Phi) is 4.07. The number of alkyl halides is 1. The third-order valence-corrected chi connectivity index (χ3v) is 3.36. The van der Waals surface area contributed by atoms with Gasteiger partial charge < -0.3 is 4.74 Å². The zero-order valence-electron chi connectivity index (χ0n) is 9.36. The van der Waals surface area contributed by atoms with Gasteiger partial charge in [0.25, 0.3) is 0 Å². The molecular weight excluding hydrogens is 304 g/mol. The molecular formula is C12H12BrClN2O. The van der Waals surface area contributed by atoms with Crippen LogP contribution in [0, 0.1) is 0 Å². The first-order chi connectivity index (χ1) is 8.22. The highest BCUT2D eigenvalue weighted by Crippen LogP contribution is 2.27. The Balaban J connectivity index is 2.15. The molecule has 1 aromatic carbocycles. The lowest BCUT2D eigenvalue weighted by Gasteiger charge is -2.05. The number of aryl methyl sites for hydroxylation is 1. The SMILES string of the molecule is CCn1cc(Oc2ccc(CCl)c(Br)c2)cn1. The fourth-order valence-electron chi connectivity index (χ4n) is 1.41. The van der Waals surface area contributed by atoms with Crippen molar-refractivity contribution in [3.63, 3.8) is 0 Å². The van der Waals surface area contributed by atoms with Crippen molar-refractivity contribution in [1.82, 2.24) is 9.78 Å². The summed E-state index contributed by atoms with van der Waals surface area (Å²) in [6, 6.07) is 5.74. The summed E-state index contributed by atoms with van der Waals surface area (Å²) in [6.45, 7) is 2.86. The molecule has 0 saturated carbocycles. The molecule has 0 N–H and O–H groups in total. The van der Waals surface area contributed by atoms with Crippen LogP contribution in [0.25, 0.3) is 0 Å². The molecule has 3 nitrogen and oxygen atoms in total. The summed E-state index contributed by atoms with van der Waals surface area (Å²) in [4.78, 5) is 0. The van der Waals surface area contributed by atoms with Crippen LogP contribution in [0.5, 0.6) is 11.5 Å². The molecule has 0 aliphatic rings. The van der Waals surface area contributed by atoms with E-state index in [4.69, 9.17) is 16.3 Å². The van der Waals surface area contributed by atoms with Crippen molar-refractivity contribution in [2.24, 2.45) is 0 Å². The Morgan fingerprint density at radius 1 is 1.41 bits per heavy atom. The standard InChI is InChI=1S/C12H12BrClN2O/c1-2-16-8-11(7-15-16)17-10-4-3-9(6-14)12(13)5-10/h3-5,7-8H,2,6H2,1H3. The average molecular weight is 316 g/mol. The van der Waals surface area contributed by atoms with Crippen LogP contribution in [0.1, 0.15) is 12.5 Å². The molecule has 5 heteroatoms. The maximum Gasteiger partial charge on any atom is 0.165 e. The number of benzene rings is 1. The van der Waals surface area contributed by atoms with E-state index in [-0.39, 0.29) is 0 Å². The maximum absolute atomic E-state index is 5.78. The van der Waals surface area contributed by atoms with Crippen LogP contribution in [0.15, 0.2) is 35.1 Å². The summed E-state index contributed by atoms with van der Waals surface area (Å²) < 4.78 is 8.45. The van der Waals surface area contributed by atoms with E-state index in [2.05, 4.69) is 21.0 Å². The van der Waals surface area contributed by atoms with Gasteiger partial charge >= 0.3 is 0 Å². The van der Waals surface area contributed by atoms with Crippen molar-refractivity contribution in [2.45, 2.75) is 19.3 Å². The van der Waals surface area contributed by atoms with E-state index in [1.54, 1.807) is 6.20 Å². The van der Waals surface area contributed by atoms with Gasteiger partial charge in [0.15, 0.2) is 5.75 Å². The predicted octanol–water partition coefficient (Wildman–Crippen LogP) is 4.20. The summed E-state index contributed by atoms with van der Waals surface area (Å²) in [5.74, 6) is 1.98. The van der Waals surface area contributed by atoms with Crippen LogP contribution in [-0.4, -0.2) is 9.78 Å². The lowest BCUT2D eigenvalue weighted by atomic mass is 10.2. The molecule has 1 heterocycles. The van der Waals surface area contributed by atoms with Gasteiger partial charge in [-0.1, -0.05) is 22.0 Å². The third-order valence-electron chi connectivity index (χ3n) is 2.34. The summed E-state index contributed by atoms with van der Waals surface area (Å²) in [5, 5.41) is 4.15. The third kappa shape index (κ3) is 3.01. The van der Waals surface area contributed by atoms with Crippen molar-refractivity contribution >= 4 is 27.5 Å². The molecule has 0 radical (unpaired) electrons. The van der Waals surface area contributed by atoms with Gasteiger partial charge in [0.2, 0.25) is 0 Å². The second-order valence-corrected chi connectivity index (χ2v) is 4.64. The van der Waals surface area contributed by atoms with Crippen LogP contribution in [0.3, 0.4) is 0 Å². The number of ether oxygens (including phenoxy) is 1. The maximum atomic E-state index is 5.78. The summed E-state index contributed by atoms with van der Waals surface area (Å²) in [6.07, 6.45) is 3.57. The fraction of sp³-hybridized carbons (Fsp3) is 0.250. The minimum Gasteiger partial charge on any atom is -0.454 e. The van der Waals surface area contributed by atoms with Gasteiger partial charge in [0.1, 0.15) is 5.75 Å². The number of hydrogen-bond donors (Lipinski definition) is 0. The van der Waals surface area contributed by atoms with Gasteiger partial charge in [-0.2, -0.15) is 5.10 Å². The fourth-order valence-corrected chi connectivity index (χ4v) is 2.30. The van der Waals surface area contributed by atoms with Crippen LogP contribution >= 0.6 is 27.5 Å². The number of nitrogens with zero attached hydrogens (tertiary/aromatic N) is 2. The lowest BCUT2D eigenvalue weighted by molar-refractivity contribution is 0.480. The summed E-state index contributed by atoms with van der Waals surface area (Å²) >= 11 is 9.24. The summed E-state index contributed by atoms with van der Waals surface area (Å²) in [5.41, 5.74) is 1.04. The number of rotatable bonds is 4. The smallest absolute Gasteiger partial charge is 0.165 e. The minimum atomic E-state index is 0.481. The van der Waals surface area contributed by atoms with Gasteiger partial charge in [-0.3, -0.25) is 4.68 Å². The van der Waals surface area contributed by atoms with Gasteiger partial charge in [0, 0.05) is 16.9 Å². The first-order valence-corrected chi connectivity index (χ1v) is 6.60. The molecule has 0 amide bonds. The normalized spacial score (nSPS) is 10.5. The Morgan fingerprint density at radius 2 is 2.24 bits per heavy atom. The van der Waals surface area contributed by atoms with Gasteiger partial charge in [-0.15, -0.1) is 11.6 Å². The highest BCUT2D eigenvalue weighted by molar-refractivity contribution is 9.10. The predicted molar refractivity (Wildman–Crippen MR) is 71.7 cm³/mol. The molecule has 90 valence electrons. The quantitative estimate of drug-likeness (QED) is 0.791. The molecule has 0 atom stereocenters. The van der Waals surface area contributed by atoms with Crippen molar-refractivity contribution in [3.05, 3.63) is 40.6 Å². The monoisotopic (exact) mass is 314 g/mol. The van der Waals surface area contributed by atoms with E-state index in [0.717, 1.165) is 28.1 Å². The molecule has 2 aromatic rings. The molecule has 0 fully saturated rings. The Bertz CT molecular complexity index is 513. The van der Waals surface area contributed by atoms with Crippen molar-refractivity contribution in [1.29, 1.82) is 0 Å². The highest BCUT2D eigenvalue weighted by Gasteiger charge is 2.04.